The Morgan fingerprint density at radius 1 is 1.08 bits per heavy atom. The van der Waals surface area contributed by atoms with E-state index in [-0.39, 0.29) is 11.9 Å². The molecule has 0 radical (unpaired) electrons. The second kappa shape index (κ2) is 8.56. The van der Waals surface area contributed by atoms with E-state index in [4.69, 9.17) is 23.2 Å². The molecule has 1 N–H and O–H groups in total. The van der Waals surface area contributed by atoms with E-state index in [1.165, 1.54) is 0 Å². The highest BCUT2D eigenvalue weighted by atomic mass is 35.5. The van der Waals surface area contributed by atoms with Crippen molar-refractivity contribution in [2.24, 2.45) is 0 Å². The first kappa shape index (κ1) is 19.6. The molecular weight excluding hydrogens is 357 g/mol. The van der Waals surface area contributed by atoms with Crippen LogP contribution in [0.4, 0.5) is 11.4 Å². The highest BCUT2D eigenvalue weighted by molar-refractivity contribution is 6.36. The summed E-state index contributed by atoms with van der Waals surface area (Å²) >= 11 is 12.0. The Balaban J connectivity index is 1.98. The molecule has 0 heterocycles. The molecule has 0 spiro atoms. The summed E-state index contributed by atoms with van der Waals surface area (Å²) in [6.07, 6.45) is 0. The number of nitrogens with one attached hydrogen (secondary N) is 1. The molecule has 1 atom stereocenters. The van der Waals surface area contributed by atoms with Crippen molar-refractivity contribution in [3.63, 3.8) is 0 Å². The lowest BCUT2D eigenvalue weighted by Crippen LogP contribution is -2.39. The van der Waals surface area contributed by atoms with Crippen molar-refractivity contribution in [1.29, 1.82) is 0 Å². The van der Waals surface area contributed by atoms with Crippen molar-refractivity contribution in [1.82, 2.24) is 4.90 Å². The van der Waals surface area contributed by atoms with Gasteiger partial charge in [-0.25, -0.2) is 0 Å². The Labute approximate surface area is 159 Å². The van der Waals surface area contributed by atoms with E-state index in [1.807, 2.05) is 33.0 Å². The Kier molecular flexibility index (Phi) is 6.71. The van der Waals surface area contributed by atoms with Crippen LogP contribution in [0.2, 0.25) is 10.0 Å². The standard InChI is InChI=1S/C19H23Cl2N3O/c1-13(19(25)22-18-10-7-15(20)11-17(18)21)24(4)12-14-5-8-16(9-6-14)23(2)3/h5-11,13H,12H2,1-4H3,(H,22,25)/t13-/m1/s1. The minimum atomic E-state index is -0.305. The molecule has 0 saturated heterocycles. The molecular formula is C19H23Cl2N3O. The largest absolute Gasteiger partial charge is 0.378 e. The van der Waals surface area contributed by atoms with Crippen LogP contribution in [0.1, 0.15) is 12.5 Å². The lowest BCUT2D eigenvalue weighted by atomic mass is 10.1. The van der Waals surface area contributed by atoms with E-state index in [0.29, 0.717) is 22.3 Å². The SMILES string of the molecule is C[C@H](C(=O)Nc1ccc(Cl)cc1Cl)N(C)Cc1ccc(N(C)C)cc1. The summed E-state index contributed by atoms with van der Waals surface area (Å²) in [7, 11) is 5.94. The summed E-state index contributed by atoms with van der Waals surface area (Å²) in [6, 6.07) is 13.0. The van der Waals surface area contributed by atoms with Gasteiger partial charge in [-0.3, -0.25) is 9.69 Å². The normalized spacial score (nSPS) is 12.1. The van der Waals surface area contributed by atoms with E-state index in [1.54, 1.807) is 18.2 Å². The second-order valence-corrected chi connectivity index (χ2v) is 7.11. The molecule has 0 unspecified atom stereocenters. The van der Waals surface area contributed by atoms with Gasteiger partial charge >= 0.3 is 0 Å². The third-order valence-corrected chi connectivity index (χ3v) is 4.66. The van der Waals surface area contributed by atoms with E-state index >= 15 is 0 Å². The molecule has 0 aliphatic heterocycles. The molecule has 1 amide bonds. The fourth-order valence-corrected chi connectivity index (χ4v) is 2.81. The van der Waals surface area contributed by atoms with Gasteiger partial charge in [0.15, 0.2) is 0 Å². The number of hydrogen-bond acceptors (Lipinski definition) is 3. The summed E-state index contributed by atoms with van der Waals surface area (Å²) in [5, 5.41) is 3.81. The third kappa shape index (κ3) is 5.36. The smallest absolute Gasteiger partial charge is 0.241 e. The van der Waals surface area contributed by atoms with Gasteiger partial charge in [-0.1, -0.05) is 35.3 Å². The Morgan fingerprint density at radius 2 is 1.72 bits per heavy atom. The van der Waals surface area contributed by atoms with Crippen LogP contribution >= 0.6 is 23.2 Å². The number of amides is 1. The molecule has 2 aromatic rings. The van der Waals surface area contributed by atoms with Crippen molar-refractivity contribution in [2.45, 2.75) is 19.5 Å². The molecule has 134 valence electrons. The fourth-order valence-electron chi connectivity index (χ4n) is 2.35. The molecule has 0 aromatic heterocycles. The van der Waals surface area contributed by atoms with Crippen LogP contribution in [0.25, 0.3) is 0 Å². The topological polar surface area (TPSA) is 35.6 Å². The summed E-state index contributed by atoms with van der Waals surface area (Å²) < 4.78 is 0. The number of carbonyl (C=O) groups excluding carboxylic acids is 1. The number of likely N-dealkylation sites (N-methyl/N-ethyl adjacent to an activating group) is 1. The van der Waals surface area contributed by atoms with Crippen LogP contribution in [-0.2, 0) is 11.3 Å². The van der Waals surface area contributed by atoms with Gasteiger partial charge in [0, 0.05) is 31.4 Å². The van der Waals surface area contributed by atoms with Gasteiger partial charge in [-0.2, -0.15) is 0 Å². The Bertz CT molecular complexity index is 732. The average Bonchev–Trinajstić information content (AvgIpc) is 2.57. The highest BCUT2D eigenvalue weighted by Gasteiger charge is 2.19. The zero-order valence-electron chi connectivity index (χ0n) is 14.9. The number of carbonyl (C=O) groups is 1. The van der Waals surface area contributed by atoms with Gasteiger partial charge < -0.3 is 10.2 Å². The van der Waals surface area contributed by atoms with Gasteiger partial charge in [-0.05, 0) is 49.9 Å². The third-order valence-electron chi connectivity index (χ3n) is 4.11. The monoisotopic (exact) mass is 379 g/mol. The van der Waals surface area contributed by atoms with Crippen molar-refractivity contribution in [3.05, 3.63) is 58.1 Å². The van der Waals surface area contributed by atoms with E-state index in [0.717, 1.165) is 11.3 Å². The van der Waals surface area contributed by atoms with E-state index in [9.17, 15) is 4.79 Å². The predicted octanol–water partition coefficient (Wildman–Crippen LogP) is 4.52. The minimum absolute atomic E-state index is 0.114. The number of anilines is 2. The maximum absolute atomic E-state index is 12.5. The van der Waals surface area contributed by atoms with Crippen LogP contribution in [0.5, 0.6) is 0 Å². The zero-order chi connectivity index (χ0) is 18.6. The quantitative estimate of drug-likeness (QED) is 0.801. The summed E-state index contributed by atoms with van der Waals surface area (Å²) in [5.41, 5.74) is 2.86. The van der Waals surface area contributed by atoms with Crippen LogP contribution in [0.3, 0.4) is 0 Å². The maximum Gasteiger partial charge on any atom is 0.241 e. The van der Waals surface area contributed by atoms with E-state index < -0.39 is 0 Å². The number of nitrogens with zero attached hydrogens (tertiary/aromatic N) is 2. The summed E-state index contributed by atoms with van der Waals surface area (Å²) in [4.78, 5) is 16.5. The molecule has 0 aliphatic carbocycles. The van der Waals surface area contributed by atoms with Crippen LogP contribution < -0.4 is 10.2 Å². The van der Waals surface area contributed by atoms with Gasteiger partial charge in [0.05, 0.1) is 16.8 Å². The summed E-state index contributed by atoms with van der Waals surface area (Å²) in [5.74, 6) is -0.114. The first-order valence-electron chi connectivity index (χ1n) is 8.00. The molecule has 2 rings (SSSR count). The van der Waals surface area contributed by atoms with Crippen LogP contribution in [0.15, 0.2) is 42.5 Å². The maximum atomic E-state index is 12.5. The summed E-state index contributed by atoms with van der Waals surface area (Å²) in [6.45, 7) is 2.55. The van der Waals surface area contributed by atoms with Crippen molar-refractivity contribution >= 4 is 40.5 Å². The molecule has 6 heteroatoms. The fraction of sp³-hybridized carbons (Fsp3) is 0.316. The molecule has 2 aromatic carbocycles. The minimum Gasteiger partial charge on any atom is -0.378 e. The van der Waals surface area contributed by atoms with Crippen LogP contribution in [-0.4, -0.2) is 38.0 Å². The second-order valence-electron chi connectivity index (χ2n) is 6.27. The van der Waals surface area contributed by atoms with Gasteiger partial charge in [-0.15, -0.1) is 0 Å². The number of benzene rings is 2. The Morgan fingerprint density at radius 3 is 2.28 bits per heavy atom. The van der Waals surface area contributed by atoms with Crippen molar-refractivity contribution in [3.8, 4) is 0 Å². The average molecular weight is 380 g/mol. The lowest BCUT2D eigenvalue weighted by Gasteiger charge is -2.24. The lowest BCUT2D eigenvalue weighted by molar-refractivity contribution is -0.120. The van der Waals surface area contributed by atoms with Gasteiger partial charge in [0.25, 0.3) is 0 Å². The first-order valence-corrected chi connectivity index (χ1v) is 8.76. The molecule has 25 heavy (non-hydrogen) atoms. The predicted molar refractivity (Wildman–Crippen MR) is 107 cm³/mol. The zero-order valence-corrected chi connectivity index (χ0v) is 16.4. The molecule has 0 saturated carbocycles. The van der Waals surface area contributed by atoms with Crippen molar-refractivity contribution < 1.29 is 4.79 Å². The van der Waals surface area contributed by atoms with Crippen LogP contribution in [0, 0.1) is 0 Å². The Hall–Kier alpha value is -1.75. The molecule has 0 aliphatic rings. The number of hydrogen-bond donors (Lipinski definition) is 1. The number of rotatable bonds is 6. The first-order chi connectivity index (χ1) is 11.8. The van der Waals surface area contributed by atoms with Gasteiger partial charge in [0.2, 0.25) is 5.91 Å². The van der Waals surface area contributed by atoms with Gasteiger partial charge in [0.1, 0.15) is 0 Å². The highest BCUT2D eigenvalue weighted by Crippen LogP contribution is 2.25. The molecule has 4 nitrogen and oxygen atoms in total. The molecule has 0 fully saturated rings. The van der Waals surface area contributed by atoms with Crippen molar-refractivity contribution in [2.75, 3.05) is 31.4 Å². The molecule has 0 bridgehead atoms. The number of halogens is 2. The van der Waals surface area contributed by atoms with E-state index in [2.05, 4.69) is 34.5 Å².